The smallest absolute Gasteiger partial charge is 0.305 e. The zero-order chi connectivity index (χ0) is 48.6. The van der Waals surface area contributed by atoms with Crippen LogP contribution in [0.1, 0.15) is 303 Å². The van der Waals surface area contributed by atoms with E-state index < -0.39 is 12.1 Å². The Bertz CT molecular complexity index is 1130. The molecule has 0 saturated heterocycles. The Balaban J connectivity index is 3.44. The number of ether oxygens (including phenoxy) is 1. The summed E-state index contributed by atoms with van der Waals surface area (Å²) in [5.41, 5.74) is 0. The second-order valence-electron chi connectivity index (χ2n) is 20.0. The fourth-order valence-corrected chi connectivity index (χ4v) is 8.78. The SMILES string of the molecule is CCCCCC/C=C\C/C=C\CCCCCCCC(=O)OCCCCCCCCCCCCC/C=C\CCCCCCCCCC(=O)NC(CO)C(O)/C=C/CCCCCCCCCCCC. The van der Waals surface area contributed by atoms with Crippen LogP contribution in [0.2, 0.25) is 0 Å². The van der Waals surface area contributed by atoms with Crippen molar-refractivity contribution in [2.24, 2.45) is 0 Å². The van der Waals surface area contributed by atoms with E-state index in [1.165, 1.54) is 218 Å². The molecule has 2 atom stereocenters. The maximum absolute atomic E-state index is 12.4. The summed E-state index contributed by atoms with van der Waals surface area (Å²) in [5, 5.41) is 23.0. The predicted octanol–water partition coefficient (Wildman–Crippen LogP) is 18.2. The van der Waals surface area contributed by atoms with Gasteiger partial charge in [0, 0.05) is 12.8 Å². The number of unbranched alkanes of at least 4 members (excludes halogenated alkanes) is 37. The van der Waals surface area contributed by atoms with E-state index in [1.54, 1.807) is 6.08 Å². The Kier molecular flexibility index (Phi) is 54.6. The molecule has 6 nitrogen and oxygen atoms in total. The van der Waals surface area contributed by atoms with E-state index in [1.807, 2.05) is 6.08 Å². The summed E-state index contributed by atoms with van der Waals surface area (Å²) in [7, 11) is 0. The first-order chi connectivity index (χ1) is 33.0. The summed E-state index contributed by atoms with van der Waals surface area (Å²) in [5.74, 6) is -0.0811. The molecule has 0 fully saturated rings. The molecule has 0 aromatic carbocycles. The first-order valence-electron chi connectivity index (χ1n) is 29.4. The number of hydrogen-bond acceptors (Lipinski definition) is 5. The molecule has 0 aromatic heterocycles. The number of aliphatic hydroxyl groups is 2. The first kappa shape index (κ1) is 64.8. The van der Waals surface area contributed by atoms with Crippen molar-refractivity contribution >= 4 is 11.9 Å². The van der Waals surface area contributed by atoms with Crippen LogP contribution in [-0.4, -0.2) is 47.4 Å². The van der Waals surface area contributed by atoms with E-state index in [4.69, 9.17) is 4.74 Å². The minimum absolute atomic E-state index is 0.00467. The summed E-state index contributed by atoms with van der Waals surface area (Å²) >= 11 is 0. The van der Waals surface area contributed by atoms with Crippen molar-refractivity contribution in [3.05, 3.63) is 48.6 Å². The topological polar surface area (TPSA) is 95.9 Å². The van der Waals surface area contributed by atoms with E-state index in [-0.39, 0.29) is 18.5 Å². The van der Waals surface area contributed by atoms with Crippen molar-refractivity contribution in [2.45, 2.75) is 315 Å². The van der Waals surface area contributed by atoms with Crippen molar-refractivity contribution in [3.63, 3.8) is 0 Å². The minimum atomic E-state index is -0.848. The van der Waals surface area contributed by atoms with Gasteiger partial charge >= 0.3 is 5.97 Å². The molecular formula is C61H113NO5. The molecule has 0 heterocycles. The van der Waals surface area contributed by atoms with Gasteiger partial charge in [-0.25, -0.2) is 0 Å². The van der Waals surface area contributed by atoms with Crippen LogP contribution in [0.3, 0.4) is 0 Å². The van der Waals surface area contributed by atoms with Crippen LogP contribution >= 0.6 is 0 Å². The number of amides is 1. The van der Waals surface area contributed by atoms with Crippen molar-refractivity contribution in [2.75, 3.05) is 13.2 Å². The third-order valence-corrected chi connectivity index (χ3v) is 13.3. The number of rotatable bonds is 54. The Labute approximate surface area is 416 Å². The highest BCUT2D eigenvalue weighted by atomic mass is 16.5. The van der Waals surface area contributed by atoms with Gasteiger partial charge in [-0.15, -0.1) is 0 Å². The molecule has 2 unspecified atom stereocenters. The number of aliphatic hydroxyl groups excluding tert-OH is 2. The lowest BCUT2D eigenvalue weighted by Gasteiger charge is -2.20. The summed E-state index contributed by atoms with van der Waals surface area (Å²) < 4.78 is 5.48. The highest BCUT2D eigenvalue weighted by Crippen LogP contribution is 2.16. The number of allylic oxidation sites excluding steroid dienone is 7. The van der Waals surface area contributed by atoms with E-state index in [2.05, 4.69) is 55.6 Å². The van der Waals surface area contributed by atoms with Crippen LogP contribution in [0.5, 0.6) is 0 Å². The molecule has 3 N–H and O–H groups in total. The van der Waals surface area contributed by atoms with E-state index in [0.717, 1.165) is 57.8 Å². The monoisotopic (exact) mass is 940 g/mol. The van der Waals surface area contributed by atoms with Crippen LogP contribution in [0, 0.1) is 0 Å². The third-order valence-electron chi connectivity index (χ3n) is 13.3. The Hall–Kier alpha value is -2.18. The van der Waals surface area contributed by atoms with Gasteiger partial charge in [-0.1, -0.05) is 249 Å². The van der Waals surface area contributed by atoms with Gasteiger partial charge in [-0.3, -0.25) is 9.59 Å². The standard InChI is InChI=1S/C61H113NO5/c1-3-5-7-9-11-13-15-17-18-28-31-35-39-43-47-51-55-61(66)67-56-52-48-44-40-36-32-29-26-24-22-20-19-21-23-25-27-30-34-38-42-46-50-54-60(65)62-58(57-63)59(64)53-49-45-41-37-33-16-14-12-10-8-6-4-2/h13,15,18,21,23,28,49,53,58-59,63-64H,3-12,14,16-17,19-20,22,24-27,29-48,50-52,54-57H2,1-2H3,(H,62,65)/b15-13-,23-21-,28-18-,53-49+. The van der Waals surface area contributed by atoms with Crippen LogP contribution in [-0.2, 0) is 14.3 Å². The van der Waals surface area contributed by atoms with Gasteiger partial charge in [-0.2, -0.15) is 0 Å². The number of hydrogen-bond donors (Lipinski definition) is 3. The number of nitrogens with one attached hydrogen (secondary N) is 1. The molecule has 0 saturated carbocycles. The zero-order valence-corrected chi connectivity index (χ0v) is 44.6. The second-order valence-corrected chi connectivity index (χ2v) is 20.0. The summed E-state index contributed by atoms with van der Waals surface area (Å²) in [6, 6.07) is -0.633. The molecule has 67 heavy (non-hydrogen) atoms. The summed E-state index contributed by atoms with van der Waals surface area (Å²) in [4.78, 5) is 24.5. The van der Waals surface area contributed by atoms with Gasteiger partial charge in [0.05, 0.1) is 25.4 Å². The normalized spacial score (nSPS) is 13.0. The molecular weight excluding hydrogens is 827 g/mol. The van der Waals surface area contributed by atoms with E-state index in [0.29, 0.717) is 19.4 Å². The molecule has 0 bridgehead atoms. The van der Waals surface area contributed by atoms with Gasteiger partial charge in [0.15, 0.2) is 0 Å². The maximum atomic E-state index is 12.4. The van der Waals surface area contributed by atoms with E-state index >= 15 is 0 Å². The lowest BCUT2D eigenvalue weighted by molar-refractivity contribution is -0.143. The molecule has 0 aliphatic rings. The average molecular weight is 941 g/mol. The van der Waals surface area contributed by atoms with Crippen LogP contribution in [0.25, 0.3) is 0 Å². The molecule has 1 amide bonds. The highest BCUT2D eigenvalue weighted by molar-refractivity contribution is 5.76. The average Bonchev–Trinajstić information content (AvgIpc) is 3.33. The lowest BCUT2D eigenvalue weighted by atomic mass is 10.0. The van der Waals surface area contributed by atoms with Crippen LogP contribution in [0.15, 0.2) is 48.6 Å². The molecule has 0 aromatic rings. The number of esters is 1. The largest absolute Gasteiger partial charge is 0.466 e. The quantitative estimate of drug-likeness (QED) is 0.0321. The van der Waals surface area contributed by atoms with Gasteiger partial charge < -0.3 is 20.3 Å². The van der Waals surface area contributed by atoms with Gasteiger partial charge in [0.2, 0.25) is 5.91 Å². The van der Waals surface area contributed by atoms with Crippen LogP contribution in [0.4, 0.5) is 0 Å². The van der Waals surface area contributed by atoms with Crippen molar-refractivity contribution in [1.29, 1.82) is 0 Å². The van der Waals surface area contributed by atoms with Crippen molar-refractivity contribution < 1.29 is 24.5 Å². The molecule has 0 aliphatic carbocycles. The van der Waals surface area contributed by atoms with Gasteiger partial charge in [0.25, 0.3) is 0 Å². The van der Waals surface area contributed by atoms with Gasteiger partial charge in [-0.05, 0) is 89.9 Å². The molecule has 0 radical (unpaired) electrons. The Morgan fingerprint density at radius 1 is 0.418 bits per heavy atom. The second kappa shape index (κ2) is 56.4. The molecule has 392 valence electrons. The molecule has 0 rings (SSSR count). The van der Waals surface area contributed by atoms with E-state index in [9.17, 15) is 19.8 Å². The van der Waals surface area contributed by atoms with Gasteiger partial charge in [0.1, 0.15) is 0 Å². The lowest BCUT2D eigenvalue weighted by Crippen LogP contribution is -2.45. The zero-order valence-electron chi connectivity index (χ0n) is 44.6. The summed E-state index contributed by atoms with van der Waals surface area (Å²) in [6.07, 6.45) is 71.4. The third kappa shape index (κ3) is 53.0. The number of carbonyl (C=O) groups excluding carboxylic acids is 2. The summed E-state index contributed by atoms with van der Waals surface area (Å²) in [6.45, 7) is 4.87. The highest BCUT2D eigenvalue weighted by Gasteiger charge is 2.18. The fraction of sp³-hybridized carbons (Fsp3) is 0.836. The molecule has 0 aliphatic heterocycles. The molecule has 6 heteroatoms. The molecule has 0 spiro atoms. The number of carbonyl (C=O) groups is 2. The van der Waals surface area contributed by atoms with Crippen LogP contribution < -0.4 is 5.32 Å². The maximum Gasteiger partial charge on any atom is 0.305 e. The van der Waals surface area contributed by atoms with Crippen molar-refractivity contribution in [3.8, 4) is 0 Å². The van der Waals surface area contributed by atoms with Crippen molar-refractivity contribution in [1.82, 2.24) is 5.32 Å². The fourth-order valence-electron chi connectivity index (χ4n) is 8.78. The predicted molar refractivity (Wildman–Crippen MR) is 292 cm³/mol. The first-order valence-corrected chi connectivity index (χ1v) is 29.4. The minimum Gasteiger partial charge on any atom is -0.466 e. The Morgan fingerprint density at radius 3 is 1.16 bits per heavy atom. The Morgan fingerprint density at radius 2 is 0.746 bits per heavy atom.